The van der Waals surface area contributed by atoms with E-state index in [0.717, 1.165) is 5.56 Å². The molecule has 1 unspecified atom stereocenters. The number of benzene rings is 1. The molecule has 0 spiro atoms. The standard InChI is InChI=1S/C13H16FN5OS/c1-9(10-4-6-11(14)7-5-10)18(2)12(20)8-21-13-15-16-17-19(13)3/h4-7,9H,8H2,1-3H3. The van der Waals surface area contributed by atoms with Gasteiger partial charge in [0, 0.05) is 14.1 Å². The molecular formula is C13H16FN5OS. The highest BCUT2D eigenvalue weighted by Gasteiger charge is 2.18. The van der Waals surface area contributed by atoms with Gasteiger partial charge in [-0.2, -0.15) is 0 Å². The largest absolute Gasteiger partial charge is 0.338 e. The number of rotatable bonds is 5. The Kier molecular flexibility index (Phi) is 4.89. The molecule has 0 aliphatic carbocycles. The van der Waals surface area contributed by atoms with Gasteiger partial charge in [-0.1, -0.05) is 23.9 Å². The van der Waals surface area contributed by atoms with E-state index < -0.39 is 0 Å². The van der Waals surface area contributed by atoms with E-state index in [9.17, 15) is 9.18 Å². The Morgan fingerprint density at radius 3 is 2.67 bits per heavy atom. The molecule has 0 aliphatic rings. The summed E-state index contributed by atoms with van der Waals surface area (Å²) in [5, 5.41) is 11.6. The molecular weight excluding hydrogens is 293 g/mol. The van der Waals surface area contributed by atoms with Gasteiger partial charge in [-0.25, -0.2) is 9.07 Å². The number of tetrazole rings is 1. The highest BCUT2D eigenvalue weighted by atomic mass is 32.2. The first-order valence-corrected chi connectivity index (χ1v) is 7.34. The third-order valence-corrected chi connectivity index (χ3v) is 4.23. The van der Waals surface area contributed by atoms with Gasteiger partial charge in [0.15, 0.2) is 0 Å². The van der Waals surface area contributed by atoms with Crippen LogP contribution in [-0.4, -0.2) is 43.8 Å². The van der Waals surface area contributed by atoms with E-state index in [0.29, 0.717) is 5.16 Å². The summed E-state index contributed by atoms with van der Waals surface area (Å²) >= 11 is 1.28. The van der Waals surface area contributed by atoms with Crippen molar-refractivity contribution >= 4 is 17.7 Å². The number of amides is 1. The monoisotopic (exact) mass is 309 g/mol. The fourth-order valence-corrected chi connectivity index (χ4v) is 2.53. The molecule has 1 atom stereocenters. The Morgan fingerprint density at radius 1 is 1.43 bits per heavy atom. The predicted molar refractivity (Wildman–Crippen MR) is 77.1 cm³/mol. The topological polar surface area (TPSA) is 63.9 Å². The van der Waals surface area contributed by atoms with Crippen LogP contribution in [0, 0.1) is 5.82 Å². The van der Waals surface area contributed by atoms with E-state index in [1.165, 1.54) is 28.6 Å². The van der Waals surface area contributed by atoms with Gasteiger partial charge in [0.25, 0.3) is 0 Å². The fourth-order valence-electron chi connectivity index (χ4n) is 1.75. The summed E-state index contributed by atoms with van der Waals surface area (Å²) in [6.45, 7) is 1.90. The van der Waals surface area contributed by atoms with Crippen molar-refractivity contribution < 1.29 is 9.18 Å². The van der Waals surface area contributed by atoms with Gasteiger partial charge in [0.1, 0.15) is 5.82 Å². The molecule has 21 heavy (non-hydrogen) atoms. The molecule has 0 aliphatic heterocycles. The number of carbonyl (C=O) groups excluding carboxylic acids is 1. The van der Waals surface area contributed by atoms with Gasteiger partial charge < -0.3 is 4.90 Å². The van der Waals surface area contributed by atoms with Gasteiger partial charge in [-0.3, -0.25) is 4.79 Å². The molecule has 0 radical (unpaired) electrons. The summed E-state index contributed by atoms with van der Waals surface area (Å²) in [6, 6.07) is 6.03. The van der Waals surface area contributed by atoms with Crippen molar-refractivity contribution in [2.45, 2.75) is 18.1 Å². The predicted octanol–water partition coefficient (Wildman–Crippen LogP) is 1.66. The summed E-state index contributed by atoms with van der Waals surface area (Å²) in [7, 11) is 3.45. The van der Waals surface area contributed by atoms with Crippen LogP contribution in [-0.2, 0) is 11.8 Å². The smallest absolute Gasteiger partial charge is 0.233 e. The number of aryl methyl sites for hydroxylation is 1. The molecule has 1 aromatic carbocycles. The first-order chi connectivity index (χ1) is 9.99. The fraction of sp³-hybridized carbons (Fsp3) is 0.385. The van der Waals surface area contributed by atoms with Crippen molar-refractivity contribution in [3.8, 4) is 0 Å². The van der Waals surface area contributed by atoms with E-state index in [1.807, 2.05) is 6.92 Å². The summed E-state index contributed by atoms with van der Waals surface area (Å²) in [4.78, 5) is 13.8. The van der Waals surface area contributed by atoms with Crippen LogP contribution in [0.25, 0.3) is 0 Å². The molecule has 0 bridgehead atoms. The van der Waals surface area contributed by atoms with Crippen LogP contribution < -0.4 is 0 Å². The Bertz CT molecular complexity index is 615. The van der Waals surface area contributed by atoms with E-state index in [1.54, 1.807) is 31.1 Å². The van der Waals surface area contributed by atoms with Crippen LogP contribution in [0.15, 0.2) is 29.4 Å². The second-order valence-corrected chi connectivity index (χ2v) is 5.55. The lowest BCUT2D eigenvalue weighted by Gasteiger charge is -2.25. The molecule has 2 aromatic rings. The lowest BCUT2D eigenvalue weighted by atomic mass is 10.1. The second kappa shape index (κ2) is 6.66. The minimum absolute atomic E-state index is 0.0418. The highest BCUT2D eigenvalue weighted by molar-refractivity contribution is 7.99. The van der Waals surface area contributed by atoms with Crippen molar-refractivity contribution in [1.29, 1.82) is 0 Å². The molecule has 6 nitrogen and oxygen atoms in total. The van der Waals surface area contributed by atoms with Crippen molar-refractivity contribution in [1.82, 2.24) is 25.1 Å². The minimum Gasteiger partial charge on any atom is -0.338 e. The Morgan fingerprint density at radius 2 is 2.10 bits per heavy atom. The van der Waals surface area contributed by atoms with Gasteiger partial charge in [-0.15, -0.1) is 5.10 Å². The summed E-state index contributed by atoms with van der Waals surface area (Å²) in [5.74, 6) is -0.0823. The van der Waals surface area contributed by atoms with Gasteiger partial charge in [-0.05, 0) is 35.0 Å². The number of carbonyl (C=O) groups is 1. The average Bonchev–Trinajstić information content (AvgIpc) is 2.89. The molecule has 0 fully saturated rings. The normalized spacial score (nSPS) is 12.2. The van der Waals surface area contributed by atoms with Crippen molar-refractivity contribution in [3.63, 3.8) is 0 Å². The molecule has 0 saturated carbocycles. The Balaban J connectivity index is 1.95. The van der Waals surface area contributed by atoms with Crippen LogP contribution in [0.4, 0.5) is 4.39 Å². The number of hydrogen-bond donors (Lipinski definition) is 0. The quantitative estimate of drug-likeness (QED) is 0.786. The maximum Gasteiger partial charge on any atom is 0.233 e. The molecule has 1 amide bonds. The zero-order valence-corrected chi connectivity index (χ0v) is 12.8. The SMILES string of the molecule is CC(c1ccc(F)cc1)N(C)C(=O)CSc1nnnn1C. The van der Waals surface area contributed by atoms with Crippen LogP contribution in [0.3, 0.4) is 0 Å². The molecule has 0 saturated heterocycles. The van der Waals surface area contributed by atoms with Crippen LogP contribution >= 0.6 is 11.8 Å². The van der Waals surface area contributed by atoms with Crippen molar-refractivity contribution in [2.24, 2.45) is 7.05 Å². The van der Waals surface area contributed by atoms with Crippen molar-refractivity contribution in [2.75, 3.05) is 12.8 Å². The lowest BCUT2D eigenvalue weighted by Crippen LogP contribution is -2.31. The zero-order valence-electron chi connectivity index (χ0n) is 12.0. The maximum absolute atomic E-state index is 12.9. The third kappa shape index (κ3) is 3.78. The number of aromatic nitrogens is 4. The molecule has 1 heterocycles. The van der Waals surface area contributed by atoms with Crippen LogP contribution in [0.5, 0.6) is 0 Å². The molecule has 112 valence electrons. The van der Waals surface area contributed by atoms with Gasteiger partial charge in [0.05, 0.1) is 11.8 Å². The number of thioether (sulfide) groups is 1. The van der Waals surface area contributed by atoms with Gasteiger partial charge in [0.2, 0.25) is 11.1 Å². The van der Waals surface area contributed by atoms with Crippen LogP contribution in [0.2, 0.25) is 0 Å². The van der Waals surface area contributed by atoms with Crippen LogP contribution in [0.1, 0.15) is 18.5 Å². The molecule has 0 N–H and O–H groups in total. The first kappa shape index (κ1) is 15.4. The summed E-state index contributed by atoms with van der Waals surface area (Å²) < 4.78 is 14.4. The van der Waals surface area contributed by atoms with Gasteiger partial charge >= 0.3 is 0 Å². The average molecular weight is 309 g/mol. The molecule has 8 heteroatoms. The Labute approximate surface area is 126 Å². The number of nitrogens with zero attached hydrogens (tertiary/aromatic N) is 5. The first-order valence-electron chi connectivity index (χ1n) is 6.35. The highest BCUT2D eigenvalue weighted by Crippen LogP contribution is 2.21. The Hall–Kier alpha value is -1.96. The number of halogens is 1. The third-order valence-electron chi connectivity index (χ3n) is 3.23. The van der Waals surface area contributed by atoms with Crippen molar-refractivity contribution in [3.05, 3.63) is 35.6 Å². The summed E-state index contributed by atoms with van der Waals surface area (Å²) in [5.41, 5.74) is 0.887. The van der Waals surface area contributed by atoms with E-state index in [2.05, 4.69) is 15.5 Å². The molecule has 1 aromatic heterocycles. The molecule has 2 rings (SSSR count). The van der Waals surface area contributed by atoms with E-state index >= 15 is 0 Å². The maximum atomic E-state index is 12.9. The minimum atomic E-state index is -0.287. The second-order valence-electron chi connectivity index (χ2n) is 4.61. The lowest BCUT2D eigenvalue weighted by molar-refractivity contribution is -0.128. The number of hydrogen-bond acceptors (Lipinski definition) is 5. The van der Waals surface area contributed by atoms with E-state index in [4.69, 9.17) is 0 Å². The zero-order chi connectivity index (χ0) is 15.4. The summed E-state index contributed by atoms with van der Waals surface area (Å²) in [6.07, 6.45) is 0. The van der Waals surface area contributed by atoms with E-state index in [-0.39, 0.29) is 23.5 Å².